The van der Waals surface area contributed by atoms with Crippen molar-refractivity contribution in [2.45, 2.75) is 6.54 Å². The number of nitrogens with one attached hydrogen (secondary N) is 1. The molecule has 0 atom stereocenters. The first-order valence-electron chi connectivity index (χ1n) is 8.79. The number of hydrogen-bond donors (Lipinski definition) is 1. The molecule has 2 aromatic heterocycles. The van der Waals surface area contributed by atoms with Gasteiger partial charge in [0.05, 0.1) is 24.0 Å². The van der Waals surface area contributed by atoms with Gasteiger partial charge in [-0.3, -0.25) is 14.9 Å². The predicted octanol–water partition coefficient (Wildman–Crippen LogP) is 2.46. The minimum atomic E-state index is -0.917. The number of imidazole rings is 1. The summed E-state index contributed by atoms with van der Waals surface area (Å²) in [5, 5.41) is 24.1. The van der Waals surface area contributed by atoms with Gasteiger partial charge in [0.25, 0.3) is 5.91 Å². The standard InChI is InChI=1S/C18H15N5O8S/c1-21-14(22(26)27)9-19-16(21)18(25)31-11-4-3-10(7-12(11)30-2)8-20-17(24)13-5-6-15(32-13)23(28)29/h3-7,9H,8H2,1-2H3,(H,20,24). The normalized spacial score (nSPS) is 10.4. The third-order valence-corrected chi connectivity index (χ3v) is 5.25. The summed E-state index contributed by atoms with van der Waals surface area (Å²) in [4.78, 5) is 48.8. The van der Waals surface area contributed by atoms with E-state index >= 15 is 0 Å². The molecule has 166 valence electrons. The summed E-state index contributed by atoms with van der Waals surface area (Å²) < 4.78 is 11.5. The molecule has 0 aliphatic carbocycles. The van der Waals surface area contributed by atoms with Crippen LogP contribution in [0.2, 0.25) is 0 Å². The predicted molar refractivity (Wildman–Crippen MR) is 110 cm³/mol. The van der Waals surface area contributed by atoms with Gasteiger partial charge < -0.3 is 24.9 Å². The number of nitrogens with zero attached hydrogens (tertiary/aromatic N) is 4. The Balaban J connectivity index is 1.69. The Hall–Kier alpha value is -4.33. The highest BCUT2D eigenvalue weighted by molar-refractivity contribution is 7.17. The lowest BCUT2D eigenvalue weighted by Gasteiger charge is -2.11. The smallest absolute Gasteiger partial charge is 0.404 e. The second-order valence-corrected chi connectivity index (χ2v) is 7.27. The van der Waals surface area contributed by atoms with Crippen LogP contribution in [-0.4, -0.2) is 38.4 Å². The van der Waals surface area contributed by atoms with Crippen LogP contribution in [0.15, 0.2) is 36.5 Å². The largest absolute Gasteiger partial charge is 0.493 e. The SMILES string of the molecule is COc1cc(CNC(=O)c2ccc([N+](=O)[O-])s2)ccc1OC(=O)c1ncc([N+](=O)[O-])n1C. The van der Waals surface area contributed by atoms with E-state index in [1.807, 2.05) is 0 Å². The Bertz CT molecular complexity index is 1220. The lowest BCUT2D eigenvalue weighted by Crippen LogP contribution is -2.21. The van der Waals surface area contributed by atoms with Gasteiger partial charge in [-0.2, -0.15) is 0 Å². The Morgan fingerprint density at radius 3 is 2.50 bits per heavy atom. The fourth-order valence-electron chi connectivity index (χ4n) is 2.63. The van der Waals surface area contributed by atoms with Crippen LogP contribution < -0.4 is 14.8 Å². The van der Waals surface area contributed by atoms with Crippen molar-refractivity contribution in [1.29, 1.82) is 0 Å². The van der Waals surface area contributed by atoms with Crippen LogP contribution >= 0.6 is 11.3 Å². The van der Waals surface area contributed by atoms with Gasteiger partial charge in [-0.15, -0.1) is 0 Å². The van der Waals surface area contributed by atoms with Crippen LogP contribution in [0.1, 0.15) is 25.9 Å². The van der Waals surface area contributed by atoms with Crippen LogP contribution in [0.4, 0.5) is 10.8 Å². The number of nitro groups is 2. The summed E-state index contributed by atoms with van der Waals surface area (Å²) in [6, 6.07) is 7.15. The Kier molecular flexibility index (Phi) is 6.44. The Labute approximate surface area is 183 Å². The van der Waals surface area contributed by atoms with Gasteiger partial charge in [-0.05, 0) is 28.7 Å². The summed E-state index contributed by atoms with van der Waals surface area (Å²) >= 11 is 0.760. The number of methoxy groups -OCH3 is 1. The maximum absolute atomic E-state index is 12.4. The van der Waals surface area contributed by atoms with E-state index in [2.05, 4.69) is 10.3 Å². The van der Waals surface area contributed by atoms with Gasteiger partial charge in [0, 0.05) is 12.6 Å². The quantitative estimate of drug-likeness (QED) is 0.229. The number of thiophene rings is 1. The molecule has 0 radical (unpaired) electrons. The highest BCUT2D eigenvalue weighted by Gasteiger charge is 2.25. The zero-order valence-corrected chi connectivity index (χ0v) is 17.5. The molecule has 0 fully saturated rings. The molecule has 3 aromatic rings. The van der Waals surface area contributed by atoms with Crippen molar-refractivity contribution >= 4 is 34.0 Å². The minimum absolute atomic E-state index is 0.0483. The molecule has 0 saturated carbocycles. The molecule has 1 N–H and O–H groups in total. The molecule has 0 unspecified atom stereocenters. The topological polar surface area (TPSA) is 169 Å². The molecule has 1 aromatic carbocycles. The Morgan fingerprint density at radius 1 is 1.16 bits per heavy atom. The highest BCUT2D eigenvalue weighted by Crippen LogP contribution is 2.29. The third-order valence-electron chi connectivity index (χ3n) is 4.21. The number of rotatable bonds is 8. The van der Waals surface area contributed by atoms with E-state index in [1.54, 1.807) is 6.07 Å². The molecule has 2 heterocycles. The second kappa shape index (κ2) is 9.22. The third kappa shape index (κ3) is 4.70. The zero-order chi connectivity index (χ0) is 23.4. The van der Waals surface area contributed by atoms with Crippen molar-refractivity contribution in [2.24, 2.45) is 7.05 Å². The molecule has 32 heavy (non-hydrogen) atoms. The Morgan fingerprint density at radius 2 is 1.91 bits per heavy atom. The van der Waals surface area contributed by atoms with Crippen molar-refractivity contribution in [2.75, 3.05) is 7.11 Å². The summed E-state index contributed by atoms with van der Waals surface area (Å²) in [5.74, 6) is -1.80. The van der Waals surface area contributed by atoms with Gasteiger partial charge in [0.2, 0.25) is 0 Å². The maximum Gasteiger partial charge on any atom is 0.404 e. The first-order valence-corrected chi connectivity index (χ1v) is 9.60. The number of hydrogen-bond acceptors (Lipinski definition) is 10. The molecular formula is C18H15N5O8S. The summed E-state index contributed by atoms with van der Waals surface area (Å²) in [5.41, 5.74) is 0.605. The molecule has 0 saturated heterocycles. The first kappa shape index (κ1) is 22.4. The molecule has 0 bridgehead atoms. The summed E-state index contributed by atoms with van der Waals surface area (Å²) in [6.07, 6.45) is 0.946. The maximum atomic E-state index is 12.4. The number of benzene rings is 1. The number of carbonyl (C=O) groups is 2. The molecule has 0 spiro atoms. The first-order chi connectivity index (χ1) is 15.2. The van der Waals surface area contributed by atoms with Crippen molar-refractivity contribution < 1.29 is 28.9 Å². The van der Waals surface area contributed by atoms with E-state index in [-0.39, 0.29) is 39.6 Å². The van der Waals surface area contributed by atoms with Crippen LogP contribution in [0, 0.1) is 20.2 Å². The lowest BCUT2D eigenvalue weighted by molar-refractivity contribution is -0.391. The monoisotopic (exact) mass is 461 g/mol. The van der Waals surface area contributed by atoms with Gasteiger partial charge in [0.1, 0.15) is 6.20 Å². The second-order valence-electron chi connectivity index (χ2n) is 6.21. The van der Waals surface area contributed by atoms with E-state index in [9.17, 15) is 29.8 Å². The molecule has 1 amide bonds. The van der Waals surface area contributed by atoms with Crippen molar-refractivity contribution in [3.05, 3.63) is 73.0 Å². The molecule has 13 nitrogen and oxygen atoms in total. The van der Waals surface area contributed by atoms with E-state index < -0.39 is 21.7 Å². The fourth-order valence-corrected chi connectivity index (χ4v) is 3.37. The fraction of sp³-hybridized carbons (Fsp3) is 0.167. The van der Waals surface area contributed by atoms with Crippen LogP contribution in [0.25, 0.3) is 0 Å². The summed E-state index contributed by atoms with van der Waals surface area (Å²) in [6.45, 7) is 0.0840. The van der Waals surface area contributed by atoms with Crippen molar-refractivity contribution in [3.63, 3.8) is 0 Å². The van der Waals surface area contributed by atoms with Crippen LogP contribution in [0.5, 0.6) is 11.5 Å². The minimum Gasteiger partial charge on any atom is -0.493 e. The molecule has 0 aliphatic heterocycles. The number of amides is 1. The average molecular weight is 461 g/mol. The molecule has 14 heteroatoms. The summed E-state index contributed by atoms with van der Waals surface area (Å²) in [7, 11) is 2.67. The average Bonchev–Trinajstić information content (AvgIpc) is 3.40. The van der Waals surface area contributed by atoms with Crippen molar-refractivity contribution in [1.82, 2.24) is 14.9 Å². The highest BCUT2D eigenvalue weighted by atomic mass is 32.1. The van der Waals surface area contributed by atoms with Gasteiger partial charge >= 0.3 is 22.6 Å². The van der Waals surface area contributed by atoms with Crippen LogP contribution in [-0.2, 0) is 13.6 Å². The number of ether oxygens (including phenoxy) is 2. The molecular weight excluding hydrogens is 446 g/mol. The number of aromatic nitrogens is 2. The van der Waals surface area contributed by atoms with Gasteiger partial charge in [-0.1, -0.05) is 17.4 Å². The number of carbonyl (C=O) groups excluding carboxylic acids is 2. The van der Waals surface area contributed by atoms with E-state index in [0.29, 0.717) is 5.56 Å². The molecule has 0 aliphatic rings. The zero-order valence-electron chi connectivity index (χ0n) is 16.6. The van der Waals surface area contributed by atoms with E-state index in [4.69, 9.17) is 9.47 Å². The lowest BCUT2D eigenvalue weighted by atomic mass is 10.2. The van der Waals surface area contributed by atoms with Crippen molar-refractivity contribution in [3.8, 4) is 11.5 Å². The molecule has 3 rings (SSSR count). The number of esters is 1. The van der Waals surface area contributed by atoms with Crippen LogP contribution in [0.3, 0.4) is 0 Å². The van der Waals surface area contributed by atoms with E-state index in [1.165, 1.54) is 38.4 Å². The van der Waals surface area contributed by atoms with Gasteiger partial charge in [0.15, 0.2) is 11.5 Å². The van der Waals surface area contributed by atoms with E-state index in [0.717, 1.165) is 22.1 Å². The van der Waals surface area contributed by atoms with Gasteiger partial charge in [-0.25, -0.2) is 14.3 Å².